The Bertz CT molecular complexity index is 997. The lowest BCUT2D eigenvalue weighted by Gasteiger charge is -2.26. The molecule has 0 radical (unpaired) electrons. The number of nitrogens with zero attached hydrogens (tertiary/aromatic N) is 2. The van der Waals surface area contributed by atoms with Crippen molar-refractivity contribution in [3.63, 3.8) is 0 Å². The molecule has 2 atom stereocenters. The maximum atomic E-state index is 10.9. The van der Waals surface area contributed by atoms with Gasteiger partial charge in [-0.1, -0.05) is 66.5 Å². The summed E-state index contributed by atoms with van der Waals surface area (Å²) in [6, 6.07) is 8.23. The largest absolute Gasteiger partial charge is 0.507 e. The molecular formula is C30H42N2O2. The fourth-order valence-corrected chi connectivity index (χ4v) is 4.75. The minimum Gasteiger partial charge on any atom is -0.507 e. The van der Waals surface area contributed by atoms with Gasteiger partial charge < -0.3 is 10.2 Å². The molecule has 2 aromatic rings. The molecule has 1 aliphatic rings. The summed E-state index contributed by atoms with van der Waals surface area (Å²) >= 11 is 0. The first-order chi connectivity index (χ1) is 15.8. The number of benzene rings is 2. The number of aromatic hydroxyl groups is 2. The van der Waals surface area contributed by atoms with Gasteiger partial charge in [0.2, 0.25) is 0 Å². The Labute approximate surface area is 205 Å². The summed E-state index contributed by atoms with van der Waals surface area (Å²) in [5.41, 5.74) is 5.37. The highest BCUT2D eigenvalue weighted by Crippen LogP contribution is 2.35. The Kier molecular flexibility index (Phi) is 7.59. The summed E-state index contributed by atoms with van der Waals surface area (Å²) in [5.74, 6) is 0.634. The van der Waals surface area contributed by atoms with Crippen molar-refractivity contribution in [2.24, 2.45) is 9.98 Å². The number of hydrogen-bond acceptors (Lipinski definition) is 4. The number of phenols is 2. The molecule has 0 saturated heterocycles. The Balaban J connectivity index is 1.88. The number of phenolic OH excluding ortho intramolecular Hbond substituents is 2. The standard InChI is InChI=1S/C30H42N2O2/c1-19-13-21(27(33)23(15-19)29(3,4)5)17-31-25-11-9-10-12-26(25)32-18-22-14-20(2)16-24(28(22)34)30(6,7)8/h13-18,25-26,33-34H,9-12H2,1-8H3/t25-,26-/m1/s1. The van der Waals surface area contributed by atoms with Gasteiger partial charge in [0.05, 0.1) is 12.1 Å². The third-order valence-corrected chi connectivity index (χ3v) is 6.69. The molecular weight excluding hydrogens is 420 g/mol. The van der Waals surface area contributed by atoms with Gasteiger partial charge in [0.1, 0.15) is 11.5 Å². The third kappa shape index (κ3) is 6.08. The van der Waals surface area contributed by atoms with E-state index in [1.165, 1.54) is 0 Å². The van der Waals surface area contributed by atoms with E-state index >= 15 is 0 Å². The monoisotopic (exact) mass is 462 g/mol. The van der Waals surface area contributed by atoms with Crippen molar-refractivity contribution in [2.75, 3.05) is 0 Å². The lowest BCUT2D eigenvalue weighted by molar-refractivity contribution is 0.390. The lowest BCUT2D eigenvalue weighted by atomic mass is 9.84. The van der Waals surface area contributed by atoms with Gasteiger partial charge in [-0.2, -0.15) is 0 Å². The summed E-state index contributed by atoms with van der Waals surface area (Å²) in [4.78, 5) is 9.82. The number of hydrogen-bond donors (Lipinski definition) is 2. The van der Waals surface area contributed by atoms with Crippen molar-refractivity contribution in [3.05, 3.63) is 57.6 Å². The van der Waals surface area contributed by atoms with Crippen LogP contribution in [0.3, 0.4) is 0 Å². The summed E-state index contributed by atoms with van der Waals surface area (Å²) < 4.78 is 0. The predicted octanol–water partition coefficient (Wildman–Crippen LogP) is 7.16. The fourth-order valence-electron chi connectivity index (χ4n) is 4.75. The molecule has 1 fully saturated rings. The topological polar surface area (TPSA) is 65.2 Å². The second-order valence-corrected chi connectivity index (χ2v) is 12.0. The SMILES string of the molecule is Cc1cc(C=N[C@@H]2CCCC[C@H]2N=Cc2cc(C)cc(C(C)(C)C)c2O)c(O)c(C(C)(C)C)c1. The maximum Gasteiger partial charge on any atom is 0.128 e. The molecule has 2 aromatic carbocycles. The highest BCUT2D eigenvalue weighted by molar-refractivity contribution is 5.86. The van der Waals surface area contributed by atoms with Crippen molar-refractivity contribution in [1.82, 2.24) is 0 Å². The fraction of sp³-hybridized carbons (Fsp3) is 0.533. The Morgan fingerprint density at radius 2 is 1.03 bits per heavy atom. The van der Waals surface area contributed by atoms with Gasteiger partial charge in [0, 0.05) is 34.7 Å². The van der Waals surface area contributed by atoms with Crippen LogP contribution in [0.15, 0.2) is 34.3 Å². The first-order valence-corrected chi connectivity index (χ1v) is 12.5. The summed E-state index contributed by atoms with van der Waals surface area (Å²) in [5, 5.41) is 21.8. The summed E-state index contributed by atoms with van der Waals surface area (Å²) in [6.07, 6.45) is 7.88. The predicted molar refractivity (Wildman–Crippen MR) is 144 cm³/mol. The van der Waals surface area contributed by atoms with Crippen molar-refractivity contribution < 1.29 is 10.2 Å². The van der Waals surface area contributed by atoms with Crippen LogP contribution in [-0.4, -0.2) is 34.7 Å². The maximum absolute atomic E-state index is 10.9. The van der Waals surface area contributed by atoms with Gasteiger partial charge in [-0.25, -0.2) is 0 Å². The normalized spacial score (nSPS) is 19.9. The van der Waals surface area contributed by atoms with Crippen LogP contribution in [0.5, 0.6) is 11.5 Å². The van der Waals surface area contributed by atoms with E-state index in [-0.39, 0.29) is 22.9 Å². The molecule has 0 heterocycles. The molecule has 0 amide bonds. The van der Waals surface area contributed by atoms with E-state index in [0.717, 1.165) is 59.1 Å². The first kappa shape index (κ1) is 26.0. The molecule has 0 unspecified atom stereocenters. The average Bonchev–Trinajstić information content (AvgIpc) is 2.73. The van der Waals surface area contributed by atoms with Crippen LogP contribution in [0, 0.1) is 13.8 Å². The Morgan fingerprint density at radius 1 is 0.676 bits per heavy atom. The van der Waals surface area contributed by atoms with Crippen LogP contribution >= 0.6 is 0 Å². The molecule has 0 bridgehead atoms. The highest BCUT2D eigenvalue weighted by Gasteiger charge is 2.25. The zero-order valence-electron chi connectivity index (χ0n) is 22.2. The highest BCUT2D eigenvalue weighted by atomic mass is 16.3. The van der Waals surface area contributed by atoms with E-state index < -0.39 is 0 Å². The number of aryl methyl sites for hydroxylation is 2. The molecule has 2 N–H and O–H groups in total. The van der Waals surface area contributed by atoms with Crippen LogP contribution < -0.4 is 0 Å². The van der Waals surface area contributed by atoms with Crippen LogP contribution in [0.25, 0.3) is 0 Å². The molecule has 0 spiro atoms. The van der Waals surface area contributed by atoms with Crippen LogP contribution in [0.1, 0.15) is 101 Å². The molecule has 4 heteroatoms. The van der Waals surface area contributed by atoms with E-state index in [4.69, 9.17) is 9.98 Å². The van der Waals surface area contributed by atoms with Crippen molar-refractivity contribution in [3.8, 4) is 11.5 Å². The van der Waals surface area contributed by atoms with Gasteiger partial charge in [0.25, 0.3) is 0 Å². The molecule has 3 rings (SSSR count). The van der Waals surface area contributed by atoms with Crippen LogP contribution in [0.2, 0.25) is 0 Å². The quantitative estimate of drug-likeness (QED) is 0.473. The molecule has 184 valence electrons. The van der Waals surface area contributed by atoms with Gasteiger partial charge in [0.15, 0.2) is 0 Å². The third-order valence-electron chi connectivity index (χ3n) is 6.69. The summed E-state index contributed by atoms with van der Waals surface area (Å²) in [7, 11) is 0. The van der Waals surface area contributed by atoms with E-state index in [2.05, 4.69) is 67.5 Å². The Hall–Kier alpha value is -2.62. The van der Waals surface area contributed by atoms with E-state index in [0.29, 0.717) is 11.5 Å². The molecule has 34 heavy (non-hydrogen) atoms. The molecule has 1 saturated carbocycles. The number of aliphatic imine (C=N–C) groups is 2. The van der Waals surface area contributed by atoms with Crippen molar-refractivity contribution in [1.29, 1.82) is 0 Å². The van der Waals surface area contributed by atoms with Crippen LogP contribution in [-0.2, 0) is 10.8 Å². The molecule has 4 nitrogen and oxygen atoms in total. The second kappa shape index (κ2) is 9.93. The second-order valence-electron chi connectivity index (χ2n) is 12.0. The number of rotatable bonds is 4. The smallest absolute Gasteiger partial charge is 0.128 e. The molecule has 0 aliphatic heterocycles. The van der Waals surface area contributed by atoms with Gasteiger partial charge in [-0.05, 0) is 60.8 Å². The average molecular weight is 463 g/mol. The Morgan fingerprint density at radius 3 is 1.35 bits per heavy atom. The first-order valence-electron chi connectivity index (χ1n) is 12.5. The zero-order valence-corrected chi connectivity index (χ0v) is 22.2. The van der Waals surface area contributed by atoms with E-state index in [9.17, 15) is 10.2 Å². The molecule has 0 aromatic heterocycles. The van der Waals surface area contributed by atoms with E-state index in [1.807, 2.05) is 24.6 Å². The van der Waals surface area contributed by atoms with Gasteiger partial charge in [-0.15, -0.1) is 0 Å². The van der Waals surface area contributed by atoms with Crippen LogP contribution in [0.4, 0.5) is 0 Å². The minimum atomic E-state index is -0.141. The van der Waals surface area contributed by atoms with Gasteiger partial charge in [-0.3, -0.25) is 9.98 Å². The van der Waals surface area contributed by atoms with Crippen molar-refractivity contribution >= 4 is 12.4 Å². The summed E-state index contributed by atoms with van der Waals surface area (Å²) in [6.45, 7) is 16.8. The van der Waals surface area contributed by atoms with E-state index in [1.54, 1.807) is 0 Å². The lowest BCUT2D eigenvalue weighted by Crippen LogP contribution is -2.27. The van der Waals surface area contributed by atoms with Gasteiger partial charge >= 0.3 is 0 Å². The van der Waals surface area contributed by atoms with Crippen molar-refractivity contribution in [2.45, 2.75) is 104 Å². The zero-order chi connectivity index (χ0) is 25.3. The minimum absolute atomic E-state index is 0.0667. The molecule has 1 aliphatic carbocycles.